The van der Waals surface area contributed by atoms with E-state index in [4.69, 9.17) is 0 Å². The number of hydrogen-bond donors (Lipinski definition) is 0. The maximum absolute atomic E-state index is 12.6. The molecule has 0 radical (unpaired) electrons. The van der Waals surface area contributed by atoms with Gasteiger partial charge in [0.1, 0.15) is 5.69 Å². The Morgan fingerprint density at radius 2 is 1.89 bits per heavy atom. The van der Waals surface area contributed by atoms with Crippen LogP contribution in [0.1, 0.15) is 36.8 Å². The van der Waals surface area contributed by atoms with Crippen LogP contribution in [0.25, 0.3) is 0 Å². The Hall–Kier alpha value is -1.90. The normalized spacial score (nSPS) is 11.5. The molecule has 0 N–H and O–H groups in total. The quantitative estimate of drug-likeness (QED) is 0.772. The first-order valence-electron chi connectivity index (χ1n) is 6.19. The van der Waals surface area contributed by atoms with Gasteiger partial charge in [-0.3, -0.25) is 9.48 Å². The zero-order valence-electron chi connectivity index (χ0n) is 11.1. The van der Waals surface area contributed by atoms with Gasteiger partial charge in [0.25, 0.3) is 0 Å². The number of aromatic nitrogens is 2. The fraction of sp³-hybridized carbons (Fsp3) is 0.333. The van der Waals surface area contributed by atoms with Crippen LogP contribution in [0.3, 0.4) is 0 Å². The fourth-order valence-electron chi connectivity index (χ4n) is 2.08. The van der Waals surface area contributed by atoms with E-state index in [0.29, 0.717) is 12.2 Å². The first-order chi connectivity index (χ1) is 8.57. The number of hydrogen-bond acceptors (Lipinski definition) is 2. The van der Waals surface area contributed by atoms with Crippen LogP contribution in [0.15, 0.2) is 42.6 Å². The molecule has 1 aromatic carbocycles. The van der Waals surface area contributed by atoms with E-state index in [9.17, 15) is 4.79 Å². The number of carbonyl (C=O) groups is 1. The molecular weight excluding hydrogens is 224 g/mol. The Kier molecular flexibility index (Phi) is 3.32. The Labute approximate surface area is 107 Å². The summed E-state index contributed by atoms with van der Waals surface area (Å²) in [4.78, 5) is 12.6. The summed E-state index contributed by atoms with van der Waals surface area (Å²) in [7, 11) is 0. The highest BCUT2D eigenvalue weighted by molar-refractivity contribution is 6.02. The highest BCUT2D eigenvalue weighted by Crippen LogP contribution is 2.27. The molecule has 0 atom stereocenters. The predicted octanol–water partition coefficient (Wildman–Crippen LogP) is 3.06. The molecule has 0 unspecified atom stereocenters. The third-order valence-electron chi connectivity index (χ3n) is 3.31. The number of benzene rings is 1. The third-order valence-corrected chi connectivity index (χ3v) is 3.31. The van der Waals surface area contributed by atoms with Crippen molar-refractivity contribution in [2.75, 3.05) is 0 Å². The number of ketones is 1. The van der Waals surface area contributed by atoms with Crippen LogP contribution in [0.2, 0.25) is 0 Å². The van der Waals surface area contributed by atoms with Gasteiger partial charge < -0.3 is 0 Å². The number of Topliss-reactive ketones (excluding diaryl/α,β-unsaturated/α-hetero) is 1. The maximum atomic E-state index is 12.6. The van der Waals surface area contributed by atoms with Crippen molar-refractivity contribution in [3.05, 3.63) is 53.9 Å². The fourth-order valence-corrected chi connectivity index (χ4v) is 2.08. The van der Waals surface area contributed by atoms with Gasteiger partial charge in [0.05, 0.1) is 5.41 Å². The van der Waals surface area contributed by atoms with E-state index in [0.717, 1.165) is 5.56 Å². The Morgan fingerprint density at radius 1 is 1.22 bits per heavy atom. The average molecular weight is 242 g/mol. The van der Waals surface area contributed by atoms with Crippen LogP contribution in [0.5, 0.6) is 0 Å². The third kappa shape index (κ3) is 2.08. The Balaban J connectivity index is 2.39. The molecule has 1 heterocycles. The van der Waals surface area contributed by atoms with Crippen molar-refractivity contribution >= 4 is 5.78 Å². The topological polar surface area (TPSA) is 34.9 Å². The molecule has 3 nitrogen and oxygen atoms in total. The lowest BCUT2D eigenvalue weighted by Gasteiger charge is -2.23. The highest BCUT2D eigenvalue weighted by Gasteiger charge is 2.32. The van der Waals surface area contributed by atoms with E-state index in [-0.39, 0.29) is 5.78 Å². The first-order valence-corrected chi connectivity index (χ1v) is 6.19. The molecule has 0 aliphatic rings. The standard InChI is InChI=1S/C15H18N2O/c1-4-17-13(10-11-16-17)14(18)15(2,3)12-8-6-5-7-9-12/h5-11H,4H2,1-3H3. The molecule has 2 aromatic rings. The zero-order chi connectivity index (χ0) is 13.2. The van der Waals surface area contributed by atoms with E-state index in [1.165, 1.54) is 0 Å². The van der Waals surface area contributed by atoms with Crippen molar-refractivity contribution in [3.63, 3.8) is 0 Å². The van der Waals surface area contributed by atoms with Gasteiger partial charge in [-0.05, 0) is 32.4 Å². The number of aryl methyl sites for hydroxylation is 1. The minimum Gasteiger partial charge on any atom is -0.291 e. The van der Waals surface area contributed by atoms with Gasteiger partial charge in [-0.1, -0.05) is 30.3 Å². The molecule has 0 bridgehead atoms. The second kappa shape index (κ2) is 4.77. The predicted molar refractivity (Wildman–Crippen MR) is 71.7 cm³/mol. The second-order valence-corrected chi connectivity index (χ2v) is 4.85. The van der Waals surface area contributed by atoms with Crippen molar-refractivity contribution in [2.45, 2.75) is 32.7 Å². The molecule has 18 heavy (non-hydrogen) atoms. The first kappa shape index (κ1) is 12.6. The highest BCUT2D eigenvalue weighted by atomic mass is 16.1. The molecule has 94 valence electrons. The molecule has 0 fully saturated rings. The number of rotatable bonds is 4. The SMILES string of the molecule is CCn1nccc1C(=O)C(C)(C)c1ccccc1. The van der Waals surface area contributed by atoms with Crippen LogP contribution in [-0.2, 0) is 12.0 Å². The molecule has 3 heteroatoms. The Morgan fingerprint density at radius 3 is 2.50 bits per heavy atom. The summed E-state index contributed by atoms with van der Waals surface area (Å²) in [6.45, 7) is 6.60. The van der Waals surface area contributed by atoms with Gasteiger partial charge in [-0.15, -0.1) is 0 Å². The Bertz CT molecular complexity index is 541. The van der Waals surface area contributed by atoms with E-state index < -0.39 is 5.41 Å². The van der Waals surface area contributed by atoms with E-state index in [1.807, 2.05) is 51.1 Å². The van der Waals surface area contributed by atoms with Crippen LogP contribution >= 0.6 is 0 Å². The van der Waals surface area contributed by atoms with Gasteiger partial charge in [0.15, 0.2) is 5.78 Å². The van der Waals surface area contributed by atoms with Crippen molar-refractivity contribution in [2.24, 2.45) is 0 Å². The molecule has 2 rings (SSSR count). The monoisotopic (exact) mass is 242 g/mol. The van der Waals surface area contributed by atoms with Gasteiger partial charge in [-0.25, -0.2) is 0 Å². The lowest BCUT2D eigenvalue weighted by molar-refractivity contribution is 0.0897. The van der Waals surface area contributed by atoms with Crippen LogP contribution in [0.4, 0.5) is 0 Å². The number of carbonyl (C=O) groups excluding carboxylic acids is 1. The summed E-state index contributed by atoms with van der Waals surface area (Å²) in [5.41, 5.74) is 1.17. The largest absolute Gasteiger partial charge is 0.291 e. The summed E-state index contributed by atoms with van der Waals surface area (Å²) < 4.78 is 1.74. The van der Waals surface area contributed by atoms with Gasteiger partial charge in [0, 0.05) is 12.7 Å². The second-order valence-electron chi connectivity index (χ2n) is 4.85. The summed E-state index contributed by atoms with van der Waals surface area (Å²) in [5.74, 6) is 0.105. The molecule has 0 saturated heterocycles. The molecular formula is C15H18N2O. The summed E-state index contributed by atoms with van der Waals surface area (Å²) in [6, 6.07) is 11.6. The van der Waals surface area contributed by atoms with Crippen molar-refractivity contribution in [3.8, 4) is 0 Å². The van der Waals surface area contributed by atoms with Gasteiger partial charge >= 0.3 is 0 Å². The molecule has 1 aromatic heterocycles. The lowest BCUT2D eigenvalue weighted by atomic mass is 9.79. The van der Waals surface area contributed by atoms with Crippen molar-refractivity contribution < 1.29 is 4.79 Å². The van der Waals surface area contributed by atoms with Gasteiger partial charge in [0.2, 0.25) is 0 Å². The van der Waals surface area contributed by atoms with Crippen LogP contribution in [0, 0.1) is 0 Å². The summed E-state index contributed by atoms with van der Waals surface area (Å²) in [6.07, 6.45) is 1.68. The molecule has 0 saturated carbocycles. The van der Waals surface area contributed by atoms with Crippen molar-refractivity contribution in [1.29, 1.82) is 0 Å². The van der Waals surface area contributed by atoms with Crippen LogP contribution in [-0.4, -0.2) is 15.6 Å². The molecule has 0 aliphatic carbocycles. The van der Waals surface area contributed by atoms with Crippen molar-refractivity contribution in [1.82, 2.24) is 9.78 Å². The number of nitrogens with zero attached hydrogens (tertiary/aromatic N) is 2. The minimum absolute atomic E-state index is 0.105. The van der Waals surface area contributed by atoms with E-state index in [1.54, 1.807) is 16.9 Å². The smallest absolute Gasteiger partial charge is 0.190 e. The average Bonchev–Trinajstić information content (AvgIpc) is 2.87. The van der Waals surface area contributed by atoms with E-state index in [2.05, 4.69) is 5.10 Å². The molecule has 0 aliphatic heterocycles. The summed E-state index contributed by atoms with van der Waals surface area (Å²) >= 11 is 0. The maximum Gasteiger partial charge on any atom is 0.190 e. The zero-order valence-corrected chi connectivity index (χ0v) is 11.1. The minimum atomic E-state index is -0.534. The lowest BCUT2D eigenvalue weighted by Crippen LogP contribution is -2.31. The summed E-state index contributed by atoms with van der Waals surface area (Å²) in [5, 5.41) is 4.16. The van der Waals surface area contributed by atoms with E-state index >= 15 is 0 Å². The molecule has 0 spiro atoms. The molecule has 0 amide bonds. The van der Waals surface area contributed by atoms with Gasteiger partial charge in [-0.2, -0.15) is 5.10 Å². The van der Waals surface area contributed by atoms with Crippen LogP contribution < -0.4 is 0 Å².